The summed E-state index contributed by atoms with van der Waals surface area (Å²) in [6, 6.07) is 5.35. The van der Waals surface area contributed by atoms with Crippen molar-refractivity contribution < 1.29 is 4.39 Å². The number of hydrogen-bond donors (Lipinski definition) is 1. The third kappa shape index (κ3) is 3.57. The molecule has 106 valence electrons. The Hall–Kier alpha value is -0.410. The highest BCUT2D eigenvalue weighted by Crippen LogP contribution is 2.46. The first kappa shape index (κ1) is 15.0. The second kappa shape index (κ2) is 5.53. The van der Waals surface area contributed by atoms with Crippen molar-refractivity contribution >= 4 is 15.9 Å². The van der Waals surface area contributed by atoms with Gasteiger partial charge in [0.05, 0.1) is 0 Å². The van der Waals surface area contributed by atoms with Crippen LogP contribution in [-0.2, 0) is 6.42 Å². The summed E-state index contributed by atoms with van der Waals surface area (Å²) in [4.78, 5) is 0. The Balaban J connectivity index is 2.15. The zero-order valence-corrected chi connectivity index (χ0v) is 13.4. The summed E-state index contributed by atoms with van der Waals surface area (Å²) < 4.78 is 14.8. The average molecular weight is 328 g/mol. The fourth-order valence-electron chi connectivity index (χ4n) is 2.98. The molecular formula is C16H23BrFN. The predicted octanol–water partition coefficient (Wildman–Crippen LogP) is 4.68. The standard InChI is InChI=1S/C16H23BrFN/c1-15(2)5-7-16(11-19,8-6-15)10-12-3-4-13(17)9-14(12)18/h3-4,9H,5-8,10-11,19H2,1-2H3. The lowest BCUT2D eigenvalue weighted by Gasteiger charge is -2.43. The summed E-state index contributed by atoms with van der Waals surface area (Å²) in [6.45, 7) is 5.28. The van der Waals surface area contributed by atoms with Crippen molar-refractivity contribution in [1.82, 2.24) is 0 Å². The van der Waals surface area contributed by atoms with Gasteiger partial charge >= 0.3 is 0 Å². The minimum atomic E-state index is -0.118. The van der Waals surface area contributed by atoms with E-state index >= 15 is 0 Å². The van der Waals surface area contributed by atoms with E-state index in [1.807, 2.05) is 12.1 Å². The quantitative estimate of drug-likeness (QED) is 0.857. The van der Waals surface area contributed by atoms with Gasteiger partial charge in [-0.1, -0.05) is 35.8 Å². The number of hydrogen-bond acceptors (Lipinski definition) is 1. The summed E-state index contributed by atoms with van der Waals surface area (Å²) in [5, 5.41) is 0. The molecule has 0 unspecified atom stereocenters. The summed E-state index contributed by atoms with van der Waals surface area (Å²) in [5.41, 5.74) is 7.32. The normalized spacial score (nSPS) is 21.3. The van der Waals surface area contributed by atoms with E-state index in [0.29, 0.717) is 12.0 Å². The van der Waals surface area contributed by atoms with Crippen LogP contribution in [0, 0.1) is 16.6 Å². The summed E-state index contributed by atoms with van der Waals surface area (Å²) in [7, 11) is 0. The highest BCUT2D eigenvalue weighted by Gasteiger charge is 2.37. The lowest BCUT2D eigenvalue weighted by atomic mass is 9.63. The summed E-state index contributed by atoms with van der Waals surface area (Å²) in [6.07, 6.45) is 5.33. The molecule has 0 saturated heterocycles. The molecular weight excluding hydrogens is 305 g/mol. The van der Waals surface area contributed by atoms with E-state index in [2.05, 4.69) is 29.8 Å². The highest BCUT2D eigenvalue weighted by atomic mass is 79.9. The van der Waals surface area contributed by atoms with Gasteiger partial charge in [0.15, 0.2) is 0 Å². The van der Waals surface area contributed by atoms with E-state index in [-0.39, 0.29) is 11.2 Å². The largest absolute Gasteiger partial charge is 0.330 e. The molecule has 1 aromatic carbocycles. The minimum Gasteiger partial charge on any atom is -0.330 e. The average Bonchev–Trinajstić information content (AvgIpc) is 2.36. The van der Waals surface area contributed by atoms with Gasteiger partial charge in [-0.2, -0.15) is 0 Å². The predicted molar refractivity (Wildman–Crippen MR) is 81.5 cm³/mol. The zero-order valence-electron chi connectivity index (χ0n) is 11.8. The van der Waals surface area contributed by atoms with E-state index in [4.69, 9.17) is 5.73 Å². The topological polar surface area (TPSA) is 26.0 Å². The monoisotopic (exact) mass is 327 g/mol. The van der Waals surface area contributed by atoms with Gasteiger partial charge in [-0.25, -0.2) is 4.39 Å². The highest BCUT2D eigenvalue weighted by molar-refractivity contribution is 9.10. The van der Waals surface area contributed by atoms with Gasteiger partial charge in [0.25, 0.3) is 0 Å². The van der Waals surface area contributed by atoms with E-state index < -0.39 is 0 Å². The molecule has 1 nitrogen and oxygen atoms in total. The molecule has 0 aromatic heterocycles. The molecule has 0 bridgehead atoms. The van der Waals surface area contributed by atoms with Crippen LogP contribution in [0.5, 0.6) is 0 Å². The van der Waals surface area contributed by atoms with Crippen LogP contribution >= 0.6 is 15.9 Å². The molecule has 2 rings (SSSR count). The number of rotatable bonds is 3. The van der Waals surface area contributed by atoms with Crippen LogP contribution in [0.4, 0.5) is 4.39 Å². The fourth-order valence-corrected chi connectivity index (χ4v) is 3.31. The van der Waals surface area contributed by atoms with Crippen LogP contribution in [0.2, 0.25) is 0 Å². The Labute approximate surface area is 123 Å². The first-order valence-corrected chi connectivity index (χ1v) is 7.79. The van der Waals surface area contributed by atoms with Crippen molar-refractivity contribution in [3.63, 3.8) is 0 Å². The van der Waals surface area contributed by atoms with Gasteiger partial charge in [0, 0.05) is 4.47 Å². The van der Waals surface area contributed by atoms with Gasteiger partial charge in [-0.3, -0.25) is 0 Å². The Morgan fingerprint density at radius 1 is 1.21 bits per heavy atom. The Morgan fingerprint density at radius 2 is 1.84 bits per heavy atom. The third-order valence-corrected chi connectivity index (χ3v) is 5.17. The second-order valence-electron chi connectivity index (χ2n) is 6.78. The van der Waals surface area contributed by atoms with Crippen molar-refractivity contribution in [2.45, 2.75) is 46.0 Å². The van der Waals surface area contributed by atoms with Crippen LogP contribution in [0.25, 0.3) is 0 Å². The number of halogens is 2. The lowest BCUT2D eigenvalue weighted by molar-refractivity contribution is 0.107. The van der Waals surface area contributed by atoms with Crippen molar-refractivity contribution in [3.05, 3.63) is 34.1 Å². The Bertz CT molecular complexity index is 446. The fraction of sp³-hybridized carbons (Fsp3) is 0.625. The zero-order chi connectivity index (χ0) is 14.1. The van der Waals surface area contributed by atoms with Gasteiger partial charge in [0.2, 0.25) is 0 Å². The molecule has 1 saturated carbocycles. The number of nitrogens with two attached hydrogens (primary N) is 1. The molecule has 0 radical (unpaired) electrons. The van der Waals surface area contributed by atoms with E-state index in [1.54, 1.807) is 6.07 Å². The Morgan fingerprint density at radius 3 is 2.37 bits per heavy atom. The SMILES string of the molecule is CC1(C)CCC(CN)(Cc2ccc(Br)cc2F)CC1. The molecule has 19 heavy (non-hydrogen) atoms. The maximum absolute atomic E-state index is 14.0. The second-order valence-corrected chi connectivity index (χ2v) is 7.70. The molecule has 1 aromatic rings. The smallest absolute Gasteiger partial charge is 0.127 e. The Kier molecular flexibility index (Phi) is 4.36. The minimum absolute atomic E-state index is 0.0875. The lowest BCUT2D eigenvalue weighted by Crippen LogP contribution is -2.39. The first-order chi connectivity index (χ1) is 8.86. The number of benzene rings is 1. The van der Waals surface area contributed by atoms with Crippen molar-refractivity contribution in [2.75, 3.05) is 6.54 Å². The third-order valence-electron chi connectivity index (χ3n) is 4.68. The van der Waals surface area contributed by atoms with Crippen molar-refractivity contribution in [3.8, 4) is 0 Å². The molecule has 1 fully saturated rings. The maximum atomic E-state index is 14.0. The van der Waals surface area contributed by atoms with Crippen LogP contribution in [0.15, 0.2) is 22.7 Å². The molecule has 1 aliphatic carbocycles. The maximum Gasteiger partial charge on any atom is 0.127 e. The molecule has 0 amide bonds. The van der Waals surface area contributed by atoms with E-state index in [1.165, 1.54) is 12.8 Å². The van der Waals surface area contributed by atoms with Gasteiger partial charge in [0.1, 0.15) is 5.82 Å². The summed E-state index contributed by atoms with van der Waals surface area (Å²) in [5.74, 6) is -0.118. The molecule has 1 aliphatic rings. The van der Waals surface area contributed by atoms with Crippen LogP contribution in [0.1, 0.15) is 45.1 Å². The molecule has 0 heterocycles. The molecule has 3 heteroatoms. The van der Waals surface area contributed by atoms with Crippen molar-refractivity contribution in [1.29, 1.82) is 0 Å². The molecule has 2 N–H and O–H groups in total. The van der Waals surface area contributed by atoms with Gasteiger partial charge in [-0.05, 0) is 67.2 Å². The van der Waals surface area contributed by atoms with Gasteiger partial charge in [-0.15, -0.1) is 0 Å². The molecule has 0 aliphatic heterocycles. The first-order valence-electron chi connectivity index (χ1n) is 7.00. The van der Waals surface area contributed by atoms with Crippen molar-refractivity contribution in [2.24, 2.45) is 16.6 Å². The van der Waals surface area contributed by atoms with E-state index in [9.17, 15) is 4.39 Å². The van der Waals surface area contributed by atoms with E-state index in [0.717, 1.165) is 29.3 Å². The van der Waals surface area contributed by atoms with Crippen LogP contribution < -0.4 is 5.73 Å². The van der Waals surface area contributed by atoms with Crippen LogP contribution in [-0.4, -0.2) is 6.54 Å². The van der Waals surface area contributed by atoms with Gasteiger partial charge < -0.3 is 5.73 Å². The molecule has 0 spiro atoms. The molecule has 0 atom stereocenters. The van der Waals surface area contributed by atoms with Crippen LogP contribution in [0.3, 0.4) is 0 Å². The summed E-state index contributed by atoms with van der Waals surface area (Å²) >= 11 is 3.30.